The minimum atomic E-state index is -0.218. The third-order valence-electron chi connectivity index (χ3n) is 3.27. The van der Waals surface area contributed by atoms with E-state index in [1.165, 1.54) is 0 Å². The van der Waals surface area contributed by atoms with Crippen LogP contribution >= 0.6 is 0 Å². The Morgan fingerprint density at radius 3 is 2.75 bits per heavy atom. The van der Waals surface area contributed by atoms with Gasteiger partial charge in [0.05, 0.1) is 24.0 Å². The van der Waals surface area contributed by atoms with Gasteiger partial charge in [0.1, 0.15) is 5.75 Å². The summed E-state index contributed by atoms with van der Waals surface area (Å²) in [5.41, 5.74) is 9.46. The normalized spacial score (nSPS) is 12.4. The van der Waals surface area contributed by atoms with Crippen molar-refractivity contribution in [3.8, 4) is 5.75 Å². The Morgan fingerprint density at radius 1 is 1.30 bits per heavy atom. The standard InChI is InChI=1S/C16H23N3O/c1-4-10-20-15-9-7-6-8-13(15)16(17)14-11-12(3)18-19(14)5-2/h6-9,11,16H,4-5,10,17H2,1-3H3. The van der Waals surface area contributed by atoms with E-state index in [0.29, 0.717) is 6.61 Å². The predicted octanol–water partition coefficient (Wildman–Crippen LogP) is 3.05. The molecule has 4 heteroatoms. The van der Waals surface area contributed by atoms with E-state index in [9.17, 15) is 0 Å². The molecule has 2 rings (SSSR count). The molecule has 0 aliphatic carbocycles. The smallest absolute Gasteiger partial charge is 0.124 e. The van der Waals surface area contributed by atoms with Gasteiger partial charge < -0.3 is 10.5 Å². The van der Waals surface area contributed by atoms with Gasteiger partial charge in [0.25, 0.3) is 0 Å². The zero-order chi connectivity index (χ0) is 14.5. The monoisotopic (exact) mass is 273 g/mol. The fourth-order valence-electron chi connectivity index (χ4n) is 2.31. The summed E-state index contributed by atoms with van der Waals surface area (Å²) in [6, 6.07) is 9.80. The number of nitrogens with two attached hydrogens (primary N) is 1. The largest absolute Gasteiger partial charge is 0.493 e. The molecular weight excluding hydrogens is 250 g/mol. The molecular formula is C16H23N3O. The number of hydrogen-bond donors (Lipinski definition) is 1. The average Bonchev–Trinajstić information content (AvgIpc) is 2.85. The molecule has 1 unspecified atom stereocenters. The molecule has 0 saturated heterocycles. The van der Waals surface area contributed by atoms with Crippen LogP contribution in [0.15, 0.2) is 30.3 Å². The Morgan fingerprint density at radius 2 is 2.05 bits per heavy atom. The van der Waals surface area contributed by atoms with Crippen molar-refractivity contribution in [3.05, 3.63) is 47.3 Å². The lowest BCUT2D eigenvalue weighted by molar-refractivity contribution is 0.313. The van der Waals surface area contributed by atoms with Crippen LogP contribution in [0.1, 0.15) is 43.3 Å². The van der Waals surface area contributed by atoms with Crippen molar-refractivity contribution in [3.63, 3.8) is 0 Å². The van der Waals surface area contributed by atoms with Crippen LogP contribution < -0.4 is 10.5 Å². The molecule has 1 aromatic carbocycles. The van der Waals surface area contributed by atoms with Gasteiger partial charge >= 0.3 is 0 Å². The molecule has 0 amide bonds. The molecule has 1 heterocycles. The highest BCUT2D eigenvalue weighted by molar-refractivity contribution is 5.40. The van der Waals surface area contributed by atoms with E-state index in [2.05, 4.69) is 18.9 Å². The lowest BCUT2D eigenvalue weighted by Gasteiger charge is -2.17. The molecule has 2 aromatic rings. The molecule has 2 N–H and O–H groups in total. The van der Waals surface area contributed by atoms with Crippen molar-refractivity contribution < 1.29 is 4.74 Å². The van der Waals surface area contributed by atoms with Crippen molar-refractivity contribution in [2.24, 2.45) is 5.73 Å². The summed E-state index contributed by atoms with van der Waals surface area (Å²) in [6.07, 6.45) is 0.982. The third kappa shape index (κ3) is 3.02. The first-order valence-corrected chi connectivity index (χ1v) is 7.19. The van der Waals surface area contributed by atoms with E-state index < -0.39 is 0 Å². The number of benzene rings is 1. The Hall–Kier alpha value is -1.81. The number of aryl methyl sites for hydroxylation is 2. The zero-order valence-electron chi connectivity index (χ0n) is 12.5. The lowest BCUT2D eigenvalue weighted by atomic mass is 10.0. The van der Waals surface area contributed by atoms with Gasteiger partial charge in [0, 0.05) is 12.1 Å². The van der Waals surface area contributed by atoms with Crippen molar-refractivity contribution >= 4 is 0 Å². The van der Waals surface area contributed by atoms with Crippen LogP contribution in [-0.2, 0) is 6.54 Å². The van der Waals surface area contributed by atoms with Crippen molar-refractivity contribution in [1.29, 1.82) is 0 Å². The molecule has 1 atom stereocenters. The summed E-state index contributed by atoms with van der Waals surface area (Å²) in [4.78, 5) is 0. The SMILES string of the molecule is CCCOc1ccccc1C(N)c1cc(C)nn1CC. The molecule has 1 aromatic heterocycles. The second-order valence-corrected chi connectivity index (χ2v) is 4.89. The van der Waals surface area contributed by atoms with Gasteiger partial charge in [-0.15, -0.1) is 0 Å². The minimum absolute atomic E-state index is 0.218. The summed E-state index contributed by atoms with van der Waals surface area (Å²) in [7, 11) is 0. The van der Waals surface area contributed by atoms with Crippen LogP contribution in [0.3, 0.4) is 0 Å². The number of hydrogen-bond acceptors (Lipinski definition) is 3. The lowest BCUT2D eigenvalue weighted by Crippen LogP contribution is -2.18. The van der Waals surface area contributed by atoms with E-state index in [4.69, 9.17) is 10.5 Å². The molecule has 4 nitrogen and oxygen atoms in total. The van der Waals surface area contributed by atoms with Gasteiger partial charge in [0.2, 0.25) is 0 Å². The van der Waals surface area contributed by atoms with Crippen LogP contribution in [-0.4, -0.2) is 16.4 Å². The van der Waals surface area contributed by atoms with Gasteiger partial charge in [-0.3, -0.25) is 4.68 Å². The van der Waals surface area contributed by atoms with Crippen molar-refractivity contribution in [2.45, 2.75) is 39.8 Å². The molecule has 0 saturated carbocycles. The first-order valence-electron chi connectivity index (χ1n) is 7.19. The van der Waals surface area contributed by atoms with Gasteiger partial charge in [-0.1, -0.05) is 25.1 Å². The second kappa shape index (κ2) is 6.57. The second-order valence-electron chi connectivity index (χ2n) is 4.89. The minimum Gasteiger partial charge on any atom is -0.493 e. The summed E-state index contributed by atoms with van der Waals surface area (Å²) >= 11 is 0. The van der Waals surface area contributed by atoms with E-state index in [1.807, 2.05) is 41.9 Å². The highest BCUT2D eigenvalue weighted by Crippen LogP contribution is 2.28. The predicted molar refractivity (Wildman–Crippen MR) is 80.9 cm³/mol. The van der Waals surface area contributed by atoms with E-state index in [0.717, 1.165) is 35.7 Å². The summed E-state index contributed by atoms with van der Waals surface area (Å²) in [5, 5.41) is 4.46. The molecule has 0 fully saturated rings. The molecule has 0 spiro atoms. The first-order chi connectivity index (χ1) is 9.67. The Bertz CT molecular complexity index is 563. The molecule has 20 heavy (non-hydrogen) atoms. The Labute approximate surface area is 120 Å². The number of aromatic nitrogens is 2. The maximum atomic E-state index is 6.44. The molecule has 0 aliphatic rings. The maximum Gasteiger partial charge on any atom is 0.124 e. The average molecular weight is 273 g/mol. The third-order valence-corrected chi connectivity index (χ3v) is 3.27. The summed E-state index contributed by atoms with van der Waals surface area (Å²) in [5.74, 6) is 0.864. The van der Waals surface area contributed by atoms with E-state index in [-0.39, 0.29) is 6.04 Å². The van der Waals surface area contributed by atoms with Gasteiger partial charge in [0.15, 0.2) is 0 Å². The van der Waals surface area contributed by atoms with Crippen LogP contribution in [0.25, 0.3) is 0 Å². The number of para-hydroxylation sites is 1. The zero-order valence-corrected chi connectivity index (χ0v) is 12.5. The quantitative estimate of drug-likeness (QED) is 0.880. The number of rotatable bonds is 6. The first kappa shape index (κ1) is 14.6. The Balaban J connectivity index is 2.34. The van der Waals surface area contributed by atoms with E-state index >= 15 is 0 Å². The fourth-order valence-corrected chi connectivity index (χ4v) is 2.31. The number of nitrogens with zero attached hydrogens (tertiary/aromatic N) is 2. The van der Waals surface area contributed by atoms with Crippen molar-refractivity contribution in [2.75, 3.05) is 6.61 Å². The van der Waals surface area contributed by atoms with Crippen LogP contribution in [0.4, 0.5) is 0 Å². The highest BCUT2D eigenvalue weighted by atomic mass is 16.5. The van der Waals surface area contributed by atoms with Crippen molar-refractivity contribution in [1.82, 2.24) is 9.78 Å². The molecule has 0 aliphatic heterocycles. The van der Waals surface area contributed by atoms with Gasteiger partial charge in [-0.25, -0.2) is 0 Å². The summed E-state index contributed by atoms with van der Waals surface area (Å²) < 4.78 is 7.75. The van der Waals surface area contributed by atoms with Crippen LogP contribution in [0.2, 0.25) is 0 Å². The molecule has 0 bridgehead atoms. The molecule has 108 valence electrons. The maximum absolute atomic E-state index is 6.44. The fraction of sp³-hybridized carbons (Fsp3) is 0.438. The molecule has 0 radical (unpaired) electrons. The van der Waals surface area contributed by atoms with E-state index in [1.54, 1.807) is 0 Å². The Kier molecular flexibility index (Phi) is 4.79. The van der Waals surface area contributed by atoms with Crippen LogP contribution in [0.5, 0.6) is 5.75 Å². The topological polar surface area (TPSA) is 53.1 Å². The van der Waals surface area contributed by atoms with Crippen LogP contribution in [0, 0.1) is 6.92 Å². The number of ether oxygens (including phenoxy) is 1. The summed E-state index contributed by atoms with van der Waals surface area (Å²) in [6.45, 7) is 7.67. The highest BCUT2D eigenvalue weighted by Gasteiger charge is 2.18. The van der Waals surface area contributed by atoms with Gasteiger partial charge in [-0.2, -0.15) is 5.10 Å². The van der Waals surface area contributed by atoms with Gasteiger partial charge in [-0.05, 0) is 32.4 Å².